The van der Waals surface area contributed by atoms with E-state index in [1.54, 1.807) is 12.1 Å². The lowest BCUT2D eigenvalue weighted by atomic mass is 10.0. The van der Waals surface area contributed by atoms with E-state index in [4.69, 9.17) is 10.5 Å². The van der Waals surface area contributed by atoms with Gasteiger partial charge in [0.05, 0.1) is 23.4 Å². The van der Waals surface area contributed by atoms with E-state index in [2.05, 4.69) is 10.2 Å². The van der Waals surface area contributed by atoms with Crippen molar-refractivity contribution in [2.75, 3.05) is 18.1 Å². The molecule has 2 aromatic rings. The zero-order valence-electron chi connectivity index (χ0n) is 17.3. The lowest BCUT2D eigenvalue weighted by Crippen LogP contribution is -2.54. The molecule has 3 aliphatic rings. The van der Waals surface area contributed by atoms with Crippen molar-refractivity contribution < 1.29 is 23.9 Å². The van der Waals surface area contributed by atoms with Gasteiger partial charge in [-0.2, -0.15) is 0 Å². The number of carbonyl (C=O) groups excluding carboxylic acids is 4. The molecule has 0 spiro atoms. The molecule has 1 fully saturated rings. The maximum absolute atomic E-state index is 13.0. The molecule has 0 aromatic heterocycles. The molecule has 1 unspecified atom stereocenters. The van der Waals surface area contributed by atoms with E-state index in [-0.39, 0.29) is 24.0 Å². The summed E-state index contributed by atoms with van der Waals surface area (Å²) in [6.07, 6.45) is 0.232. The molecule has 0 bridgehead atoms. The molecular formula is C23H22N4O5. The average Bonchev–Trinajstić information content (AvgIpc) is 3.03. The first-order valence-electron chi connectivity index (χ1n) is 10.5. The molecule has 3 aliphatic heterocycles. The molecule has 0 radical (unpaired) electrons. The molecule has 9 nitrogen and oxygen atoms in total. The number of carbonyl (C=O) groups is 4. The topological polar surface area (TPSA) is 122 Å². The number of amides is 4. The van der Waals surface area contributed by atoms with Crippen LogP contribution in [0.15, 0.2) is 36.4 Å². The minimum atomic E-state index is -0.966. The highest BCUT2D eigenvalue weighted by atomic mass is 16.5. The lowest BCUT2D eigenvalue weighted by molar-refractivity contribution is -0.136. The Morgan fingerprint density at radius 3 is 2.56 bits per heavy atom. The van der Waals surface area contributed by atoms with Gasteiger partial charge in [-0.1, -0.05) is 12.1 Å². The summed E-state index contributed by atoms with van der Waals surface area (Å²) in [6.45, 7) is 2.18. The van der Waals surface area contributed by atoms with Crippen molar-refractivity contribution in [3.63, 3.8) is 0 Å². The highest BCUT2D eigenvalue weighted by Gasteiger charge is 2.44. The number of hydrogen-bond acceptors (Lipinski definition) is 7. The van der Waals surface area contributed by atoms with Crippen LogP contribution in [-0.2, 0) is 22.7 Å². The molecule has 2 aromatic carbocycles. The van der Waals surface area contributed by atoms with Gasteiger partial charge in [0.2, 0.25) is 11.8 Å². The Morgan fingerprint density at radius 2 is 1.78 bits per heavy atom. The van der Waals surface area contributed by atoms with Crippen molar-refractivity contribution >= 4 is 29.3 Å². The van der Waals surface area contributed by atoms with Gasteiger partial charge in [0, 0.05) is 19.5 Å². The number of rotatable bonds is 4. The number of nitrogens with zero attached hydrogens (tertiary/aromatic N) is 2. The molecule has 164 valence electrons. The van der Waals surface area contributed by atoms with Crippen LogP contribution < -0.4 is 20.7 Å². The SMILES string of the molecule is NCc1ccc2c(c1)OCCN2Cc1ccc2c(c1)C(=O)N(C1CCC(=O)NC1=O)C2=O. The third-order valence-electron chi connectivity index (χ3n) is 6.10. The first-order valence-corrected chi connectivity index (χ1v) is 10.5. The summed E-state index contributed by atoms with van der Waals surface area (Å²) < 4.78 is 5.77. The highest BCUT2D eigenvalue weighted by molar-refractivity contribution is 6.23. The van der Waals surface area contributed by atoms with E-state index in [1.165, 1.54) is 0 Å². The Bertz CT molecular complexity index is 1160. The minimum absolute atomic E-state index is 0.0946. The Hall–Kier alpha value is -3.72. The Labute approximate surface area is 184 Å². The second kappa shape index (κ2) is 7.76. The molecule has 5 rings (SSSR count). The molecule has 4 amide bonds. The first-order chi connectivity index (χ1) is 15.5. The third-order valence-corrected chi connectivity index (χ3v) is 6.10. The second-order valence-corrected chi connectivity index (χ2v) is 8.10. The molecular weight excluding hydrogens is 412 g/mol. The van der Waals surface area contributed by atoms with E-state index >= 15 is 0 Å². The van der Waals surface area contributed by atoms with Crippen LogP contribution in [0.3, 0.4) is 0 Å². The molecule has 1 atom stereocenters. The standard InChI is InChI=1S/C23H22N4O5/c24-11-13-2-4-17-19(10-13)32-8-7-26(17)12-14-1-3-15-16(9-14)23(31)27(22(15)30)18-5-6-20(28)25-21(18)29/h1-4,9-10,18H,5-8,11-12,24H2,(H,25,28,29). The van der Waals surface area contributed by atoms with E-state index in [0.29, 0.717) is 26.2 Å². The van der Waals surface area contributed by atoms with Crippen LogP contribution in [0.5, 0.6) is 5.75 Å². The van der Waals surface area contributed by atoms with Gasteiger partial charge in [0.1, 0.15) is 18.4 Å². The van der Waals surface area contributed by atoms with Crippen LogP contribution in [0.1, 0.15) is 44.7 Å². The summed E-state index contributed by atoms with van der Waals surface area (Å²) in [6, 6.07) is 10.1. The lowest BCUT2D eigenvalue weighted by Gasteiger charge is -2.31. The van der Waals surface area contributed by atoms with Crippen molar-refractivity contribution in [1.82, 2.24) is 10.2 Å². The number of ether oxygens (including phenoxy) is 1. The summed E-state index contributed by atoms with van der Waals surface area (Å²) in [5, 5.41) is 2.21. The summed E-state index contributed by atoms with van der Waals surface area (Å²) in [5.41, 5.74) is 9.08. The smallest absolute Gasteiger partial charge is 0.262 e. The first kappa shape index (κ1) is 20.2. The average molecular weight is 434 g/mol. The predicted octanol–water partition coefficient (Wildman–Crippen LogP) is 0.946. The largest absolute Gasteiger partial charge is 0.490 e. The third kappa shape index (κ3) is 3.31. The van der Waals surface area contributed by atoms with Gasteiger partial charge < -0.3 is 15.4 Å². The number of fused-ring (bicyclic) bond motifs is 2. The van der Waals surface area contributed by atoms with E-state index in [1.807, 2.05) is 24.3 Å². The van der Waals surface area contributed by atoms with Gasteiger partial charge in [0.25, 0.3) is 11.8 Å². The molecule has 3 heterocycles. The van der Waals surface area contributed by atoms with Crippen LogP contribution in [-0.4, -0.2) is 47.7 Å². The normalized spacial score (nSPS) is 20.1. The summed E-state index contributed by atoms with van der Waals surface area (Å²) in [7, 11) is 0. The number of piperidine rings is 1. The van der Waals surface area contributed by atoms with Gasteiger partial charge in [0.15, 0.2) is 0 Å². The van der Waals surface area contributed by atoms with Crippen molar-refractivity contribution in [1.29, 1.82) is 0 Å². The van der Waals surface area contributed by atoms with Crippen molar-refractivity contribution in [2.24, 2.45) is 5.73 Å². The molecule has 1 saturated heterocycles. The maximum Gasteiger partial charge on any atom is 0.262 e. The summed E-state index contributed by atoms with van der Waals surface area (Å²) in [4.78, 5) is 52.7. The van der Waals surface area contributed by atoms with Crippen LogP contribution in [0.4, 0.5) is 5.69 Å². The van der Waals surface area contributed by atoms with Crippen LogP contribution >= 0.6 is 0 Å². The monoisotopic (exact) mass is 434 g/mol. The fourth-order valence-corrected chi connectivity index (χ4v) is 4.45. The van der Waals surface area contributed by atoms with Gasteiger partial charge in [-0.05, 0) is 41.8 Å². The number of anilines is 1. The Kier molecular flexibility index (Phi) is 4.90. The second-order valence-electron chi connectivity index (χ2n) is 8.10. The minimum Gasteiger partial charge on any atom is -0.490 e. The zero-order chi connectivity index (χ0) is 22.4. The number of nitrogens with one attached hydrogen (secondary N) is 1. The Balaban J connectivity index is 1.39. The molecule has 9 heteroatoms. The van der Waals surface area contributed by atoms with Crippen LogP contribution in [0, 0.1) is 0 Å². The zero-order valence-corrected chi connectivity index (χ0v) is 17.3. The molecule has 0 aliphatic carbocycles. The van der Waals surface area contributed by atoms with Crippen molar-refractivity contribution in [2.45, 2.75) is 32.0 Å². The quantitative estimate of drug-likeness (QED) is 0.687. The molecule has 32 heavy (non-hydrogen) atoms. The van der Waals surface area contributed by atoms with Gasteiger partial charge in [-0.3, -0.25) is 29.4 Å². The predicted molar refractivity (Wildman–Crippen MR) is 114 cm³/mol. The van der Waals surface area contributed by atoms with Gasteiger partial charge in [-0.25, -0.2) is 0 Å². The number of nitrogens with two attached hydrogens (primary N) is 1. The van der Waals surface area contributed by atoms with E-state index in [9.17, 15) is 19.2 Å². The van der Waals surface area contributed by atoms with E-state index in [0.717, 1.165) is 27.5 Å². The fourth-order valence-electron chi connectivity index (χ4n) is 4.45. The molecule has 3 N–H and O–H groups in total. The highest BCUT2D eigenvalue weighted by Crippen LogP contribution is 2.34. The van der Waals surface area contributed by atoms with Crippen LogP contribution in [0.2, 0.25) is 0 Å². The summed E-state index contributed by atoms with van der Waals surface area (Å²) >= 11 is 0. The molecule has 0 saturated carbocycles. The maximum atomic E-state index is 13.0. The number of benzene rings is 2. The van der Waals surface area contributed by atoms with Gasteiger partial charge >= 0.3 is 0 Å². The Morgan fingerprint density at radius 1 is 1.00 bits per heavy atom. The number of imide groups is 2. The van der Waals surface area contributed by atoms with Gasteiger partial charge in [-0.15, -0.1) is 0 Å². The van der Waals surface area contributed by atoms with E-state index < -0.39 is 29.7 Å². The van der Waals surface area contributed by atoms with Crippen LogP contribution in [0.25, 0.3) is 0 Å². The van der Waals surface area contributed by atoms with Crippen molar-refractivity contribution in [3.05, 3.63) is 58.7 Å². The summed E-state index contributed by atoms with van der Waals surface area (Å²) in [5.74, 6) is -1.24. The van der Waals surface area contributed by atoms with Crippen molar-refractivity contribution in [3.8, 4) is 5.75 Å². The number of hydrogen-bond donors (Lipinski definition) is 2. The fraction of sp³-hybridized carbons (Fsp3) is 0.304.